The van der Waals surface area contributed by atoms with E-state index in [-0.39, 0.29) is 19.2 Å². The third-order valence-corrected chi connectivity index (χ3v) is 6.68. The fraction of sp³-hybridized carbons (Fsp3) is 0.600. The van der Waals surface area contributed by atoms with Crippen molar-refractivity contribution in [1.82, 2.24) is 4.98 Å². The van der Waals surface area contributed by atoms with E-state index in [9.17, 15) is 26.7 Å². The van der Waals surface area contributed by atoms with Gasteiger partial charge >= 0.3 is 6.18 Å². The number of benzene rings is 1. The average Bonchev–Trinajstić information content (AvgIpc) is 3.19. The highest BCUT2D eigenvalue weighted by Crippen LogP contribution is 2.52. The first-order chi connectivity index (χ1) is 17.0. The summed E-state index contributed by atoms with van der Waals surface area (Å²) in [5, 5.41) is 2.23. The number of halogens is 5. The second-order valence-electron chi connectivity index (χ2n) is 9.73. The van der Waals surface area contributed by atoms with Gasteiger partial charge in [-0.15, -0.1) is 0 Å². The zero-order chi connectivity index (χ0) is 26.0. The Labute approximate surface area is 207 Å². The fourth-order valence-electron chi connectivity index (χ4n) is 4.71. The summed E-state index contributed by atoms with van der Waals surface area (Å²) in [6.45, 7) is 2.54. The quantitative estimate of drug-likeness (QED) is 0.264. The Morgan fingerprint density at radius 3 is 2.44 bits per heavy atom. The number of alkyl halides is 3. The van der Waals surface area contributed by atoms with Gasteiger partial charge in [0, 0.05) is 32.8 Å². The summed E-state index contributed by atoms with van der Waals surface area (Å²) in [6.07, 6.45) is -0.0168. The third-order valence-electron chi connectivity index (χ3n) is 6.68. The van der Waals surface area contributed by atoms with Crippen molar-refractivity contribution in [1.29, 1.82) is 0 Å². The van der Waals surface area contributed by atoms with Crippen LogP contribution in [0.2, 0.25) is 0 Å². The molecule has 2 fully saturated rings. The molecule has 1 aromatic carbocycles. The second kappa shape index (κ2) is 10.6. The lowest BCUT2D eigenvalue weighted by atomic mass is 10.2. The minimum atomic E-state index is -4.65. The first-order valence-electron chi connectivity index (χ1n) is 12.3. The molecule has 0 bridgehead atoms. The van der Waals surface area contributed by atoms with Crippen molar-refractivity contribution in [3.63, 3.8) is 0 Å². The van der Waals surface area contributed by atoms with Crippen LogP contribution in [-0.2, 0) is 6.42 Å². The van der Waals surface area contributed by atoms with Gasteiger partial charge < -0.3 is 19.4 Å². The van der Waals surface area contributed by atoms with Crippen molar-refractivity contribution in [2.24, 2.45) is 11.8 Å². The van der Waals surface area contributed by atoms with E-state index < -0.39 is 47.3 Å². The number of oxazole rings is 1. The van der Waals surface area contributed by atoms with Crippen LogP contribution < -0.4 is 15.0 Å². The molecule has 2 atom stereocenters. The van der Waals surface area contributed by atoms with Crippen LogP contribution in [0.5, 0.6) is 5.75 Å². The number of unbranched alkanes of at least 4 members (excludes halogenated alkanes) is 3. The molecule has 0 spiro atoms. The molecule has 200 valence electrons. The summed E-state index contributed by atoms with van der Waals surface area (Å²) in [4.78, 5) is 18.3. The van der Waals surface area contributed by atoms with Crippen molar-refractivity contribution >= 4 is 17.6 Å². The molecule has 1 N–H and O–H groups in total. The molecule has 0 aliphatic heterocycles. The molecule has 0 saturated heterocycles. The van der Waals surface area contributed by atoms with Gasteiger partial charge in [-0.05, 0) is 37.5 Å². The van der Waals surface area contributed by atoms with Crippen LogP contribution in [0.25, 0.3) is 0 Å². The number of anilines is 2. The van der Waals surface area contributed by atoms with Gasteiger partial charge in [-0.1, -0.05) is 26.2 Å². The SMILES string of the molecule is CCCCCCN(C)c1nc(C(=O)Nc2cc(F)c(OC3CC4CC4C3)c(F)c2)c(CC(F)(F)F)o1.[HH]. The van der Waals surface area contributed by atoms with E-state index in [1.54, 1.807) is 7.05 Å². The molecule has 1 amide bonds. The summed E-state index contributed by atoms with van der Waals surface area (Å²) < 4.78 is 79.3. The fourth-order valence-corrected chi connectivity index (χ4v) is 4.71. The number of ether oxygens (including phenoxy) is 1. The van der Waals surface area contributed by atoms with Gasteiger partial charge in [0.15, 0.2) is 23.1 Å². The Balaban J connectivity index is 0.00000380. The van der Waals surface area contributed by atoms with E-state index in [4.69, 9.17) is 9.15 Å². The number of nitrogens with one attached hydrogen (secondary N) is 1. The van der Waals surface area contributed by atoms with Crippen LogP contribution in [0.1, 0.15) is 69.5 Å². The predicted octanol–water partition coefficient (Wildman–Crippen LogP) is 6.75. The Hall–Kier alpha value is -2.85. The zero-order valence-electron chi connectivity index (χ0n) is 20.3. The summed E-state index contributed by atoms with van der Waals surface area (Å²) in [5.41, 5.74) is -0.860. The molecule has 4 rings (SSSR count). The van der Waals surface area contributed by atoms with E-state index in [1.807, 2.05) is 0 Å². The highest BCUT2D eigenvalue weighted by atomic mass is 19.4. The molecule has 1 heterocycles. The standard InChI is InChI=1S/C25H30F5N3O3.H2/c1-3-4-5-6-7-33(2)24-32-21(20(36-24)13-25(28,29)30)23(34)31-16-11-18(26)22(19(27)12-16)35-17-9-14-8-15(14)10-17;/h11-12,14-15,17H,3-10,13H2,1-2H3,(H,31,34);1H. The van der Waals surface area contributed by atoms with Crippen molar-refractivity contribution in [2.75, 3.05) is 23.8 Å². The molecule has 36 heavy (non-hydrogen) atoms. The molecule has 2 aliphatic carbocycles. The van der Waals surface area contributed by atoms with Crippen molar-refractivity contribution in [3.05, 3.63) is 35.2 Å². The second-order valence-corrected chi connectivity index (χ2v) is 9.73. The normalized spacial score (nSPS) is 20.8. The number of hydrogen-bond acceptors (Lipinski definition) is 5. The van der Waals surface area contributed by atoms with Crippen LogP contribution in [0.15, 0.2) is 16.5 Å². The number of amides is 1. The number of nitrogens with zero attached hydrogens (tertiary/aromatic N) is 2. The van der Waals surface area contributed by atoms with Crippen LogP contribution in [0, 0.1) is 23.5 Å². The first kappa shape index (κ1) is 26.2. The third kappa shape index (κ3) is 6.47. The van der Waals surface area contributed by atoms with Gasteiger partial charge in [0.2, 0.25) is 0 Å². The van der Waals surface area contributed by atoms with Crippen LogP contribution in [0.3, 0.4) is 0 Å². The molecular formula is C25H32F5N3O3. The number of hydrogen-bond donors (Lipinski definition) is 1. The van der Waals surface area contributed by atoms with Crippen molar-refractivity contribution < 1.29 is 37.3 Å². The first-order valence-corrected chi connectivity index (χ1v) is 12.3. The molecule has 11 heteroatoms. The Kier molecular flexibility index (Phi) is 7.75. The monoisotopic (exact) mass is 517 g/mol. The maximum Gasteiger partial charge on any atom is 0.396 e. The lowest BCUT2D eigenvalue weighted by Crippen LogP contribution is -2.20. The molecule has 6 nitrogen and oxygen atoms in total. The smallest absolute Gasteiger partial charge is 0.396 e. The van der Waals surface area contributed by atoms with E-state index in [0.717, 1.165) is 57.1 Å². The Bertz CT molecular complexity index is 1060. The minimum Gasteiger partial charge on any atom is -0.484 e. The number of aromatic nitrogens is 1. The van der Waals surface area contributed by atoms with Gasteiger partial charge in [-0.3, -0.25) is 4.79 Å². The number of fused-ring (bicyclic) bond motifs is 1. The number of rotatable bonds is 11. The maximum absolute atomic E-state index is 14.6. The lowest BCUT2D eigenvalue weighted by Gasteiger charge is -2.17. The largest absolute Gasteiger partial charge is 0.484 e. The van der Waals surface area contributed by atoms with E-state index in [2.05, 4.69) is 17.2 Å². The summed E-state index contributed by atoms with van der Waals surface area (Å²) in [5.74, 6) is -3.14. The molecule has 2 aliphatic rings. The maximum atomic E-state index is 14.6. The Morgan fingerprint density at radius 1 is 1.17 bits per heavy atom. The summed E-state index contributed by atoms with van der Waals surface area (Å²) >= 11 is 0. The lowest BCUT2D eigenvalue weighted by molar-refractivity contribution is -0.130. The molecule has 2 unspecified atom stereocenters. The molecule has 0 radical (unpaired) electrons. The van der Waals surface area contributed by atoms with Crippen LogP contribution in [0.4, 0.5) is 33.7 Å². The topological polar surface area (TPSA) is 67.6 Å². The Morgan fingerprint density at radius 2 is 1.83 bits per heavy atom. The van der Waals surface area contributed by atoms with E-state index >= 15 is 0 Å². The minimum absolute atomic E-state index is 0. The zero-order valence-corrected chi connectivity index (χ0v) is 20.3. The van der Waals surface area contributed by atoms with Crippen LogP contribution in [-0.4, -0.2) is 36.8 Å². The number of carbonyl (C=O) groups is 1. The molecule has 2 aromatic rings. The molecule has 2 saturated carbocycles. The summed E-state index contributed by atoms with van der Waals surface area (Å²) in [7, 11) is 1.61. The predicted molar refractivity (Wildman–Crippen MR) is 125 cm³/mol. The average molecular weight is 518 g/mol. The van der Waals surface area contributed by atoms with Gasteiger partial charge in [0.25, 0.3) is 11.9 Å². The van der Waals surface area contributed by atoms with Gasteiger partial charge in [-0.25, -0.2) is 8.78 Å². The van der Waals surface area contributed by atoms with Crippen molar-refractivity contribution in [3.8, 4) is 5.75 Å². The van der Waals surface area contributed by atoms with E-state index in [0.29, 0.717) is 18.4 Å². The van der Waals surface area contributed by atoms with Gasteiger partial charge in [0.05, 0.1) is 6.10 Å². The van der Waals surface area contributed by atoms with Gasteiger partial charge in [-0.2, -0.15) is 18.2 Å². The molecular weight excluding hydrogens is 485 g/mol. The van der Waals surface area contributed by atoms with Crippen molar-refractivity contribution in [2.45, 2.75) is 70.6 Å². The van der Waals surface area contributed by atoms with E-state index in [1.165, 1.54) is 4.90 Å². The molecule has 1 aromatic heterocycles. The van der Waals surface area contributed by atoms with Crippen LogP contribution >= 0.6 is 0 Å². The highest BCUT2D eigenvalue weighted by molar-refractivity contribution is 6.03. The van der Waals surface area contributed by atoms with Gasteiger partial charge in [0.1, 0.15) is 12.2 Å². The summed E-state index contributed by atoms with van der Waals surface area (Å²) in [6, 6.07) is 1.61. The highest BCUT2D eigenvalue weighted by Gasteiger charge is 2.47. The number of carbonyl (C=O) groups excluding carboxylic acids is 1.